The molecule has 0 spiro atoms. The van der Waals surface area contributed by atoms with Gasteiger partial charge in [-0.1, -0.05) is 18.1 Å². The second kappa shape index (κ2) is 3.23. The lowest BCUT2D eigenvalue weighted by atomic mass is 10.2. The van der Waals surface area contributed by atoms with Crippen LogP contribution in [0.25, 0.3) is 5.69 Å². The van der Waals surface area contributed by atoms with Crippen molar-refractivity contribution >= 4 is 0 Å². The van der Waals surface area contributed by atoms with Gasteiger partial charge in [0.15, 0.2) is 0 Å². The Hall–Kier alpha value is -2.28. The van der Waals surface area contributed by atoms with Crippen molar-refractivity contribution in [3.63, 3.8) is 0 Å². The summed E-state index contributed by atoms with van der Waals surface area (Å²) in [6.07, 6.45) is 6.53. The monoisotopic (exact) mass is 186 g/mol. The molecule has 0 unspecified atom stereocenters. The Bertz CT molecular complexity index is 497. The minimum Gasteiger partial charge on any atom is -0.539 e. The van der Waals surface area contributed by atoms with Gasteiger partial charge in [-0.15, -0.1) is 6.42 Å². The molecule has 0 aliphatic rings. The molecule has 1 aromatic carbocycles. The molecule has 1 heterocycles. The molecular weight excluding hydrogens is 180 g/mol. The molecule has 0 aliphatic heterocycles. The van der Waals surface area contributed by atoms with Crippen LogP contribution in [0.5, 0.6) is 5.95 Å². The van der Waals surface area contributed by atoms with E-state index in [0.717, 1.165) is 0 Å². The third-order valence-electron chi connectivity index (χ3n) is 1.75. The van der Waals surface area contributed by atoms with Crippen LogP contribution in [0.1, 0.15) is 5.56 Å². The van der Waals surface area contributed by atoms with Crippen LogP contribution < -0.4 is 9.79 Å². The van der Waals surface area contributed by atoms with Crippen molar-refractivity contribution in [1.29, 1.82) is 0 Å². The molecule has 1 aromatic heterocycles. The normalized spacial score (nSPS) is 9.64. The highest BCUT2D eigenvalue weighted by molar-refractivity contribution is 5.44. The van der Waals surface area contributed by atoms with Gasteiger partial charge in [-0.3, -0.25) is 0 Å². The van der Waals surface area contributed by atoms with Gasteiger partial charge in [-0.25, -0.2) is 0 Å². The quantitative estimate of drug-likeness (QED) is 0.465. The van der Waals surface area contributed by atoms with Crippen molar-refractivity contribution in [3.05, 3.63) is 36.0 Å². The summed E-state index contributed by atoms with van der Waals surface area (Å²) in [4.78, 5) is 0. The lowest BCUT2D eigenvalue weighted by Crippen LogP contribution is -2.32. The van der Waals surface area contributed by atoms with E-state index in [1.54, 1.807) is 12.1 Å². The molecule has 0 radical (unpaired) electrons. The Morgan fingerprint density at radius 2 is 2.21 bits per heavy atom. The Labute approximate surface area is 80.4 Å². The molecule has 2 aromatic rings. The molecule has 68 valence electrons. The van der Waals surface area contributed by atoms with Crippen molar-refractivity contribution in [2.24, 2.45) is 0 Å². The summed E-state index contributed by atoms with van der Waals surface area (Å²) >= 11 is 0. The van der Waals surface area contributed by atoms with E-state index >= 15 is 0 Å². The number of hydrogen-bond acceptors (Lipinski definition) is 3. The lowest BCUT2D eigenvalue weighted by molar-refractivity contribution is -0.670. The van der Waals surface area contributed by atoms with E-state index in [1.165, 1.54) is 10.9 Å². The van der Waals surface area contributed by atoms with Crippen molar-refractivity contribution in [3.8, 4) is 24.0 Å². The number of benzene rings is 1. The fourth-order valence-electron chi connectivity index (χ4n) is 1.14. The average Bonchev–Trinajstić information content (AvgIpc) is 2.65. The second-order valence-corrected chi connectivity index (χ2v) is 2.63. The predicted molar refractivity (Wildman–Crippen MR) is 45.4 cm³/mol. The maximum atomic E-state index is 10.8. The highest BCUT2D eigenvalue weighted by atomic mass is 16.6. The van der Waals surface area contributed by atoms with Crippen LogP contribution in [-0.2, 0) is 0 Å². The molecule has 0 fully saturated rings. The van der Waals surface area contributed by atoms with Crippen molar-refractivity contribution < 1.29 is 14.3 Å². The van der Waals surface area contributed by atoms with Gasteiger partial charge in [0.2, 0.25) is 6.20 Å². The zero-order chi connectivity index (χ0) is 9.97. The molecule has 0 atom stereocenters. The molecule has 0 saturated heterocycles. The number of rotatable bonds is 1. The number of terminal acetylenes is 1. The topological polar surface area (TPSA) is 53.0 Å². The summed E-state index contributed by atoms with van der Waals surface area (Å²) in [5.74, 6) is 2.00. The standard InChI is InChI=1S/C10H6N2O2/c1-2-8-5-3-4-6-9(8)12-7-10(13)14-11-12/h1,3-7H. The van der Waals surface area contributed by atoms with Crippen LogP contribution in [0.2, 0.25) is 0 Å². The van der Waals surface area contributed by atoms with Crippen LogP contribution >= 0.6 is 0 Å². The minimum absolute atomic E-state index is 0.503. The summed E-state index contributed by atoms with van der Waals surface area (Å²) in [6.45, 7) is 0. The second-order valence-electron chi connectivity index (χ2n) is 2.63. The van der Waals surface area contributed by atoms with Gasteiger partial charge in [0.05, 0.1) is 10.8 Å². The first kappa shape index (κ1) is 8.32. The van der Waals surface area contributed by atoms with Crippen molar-refractivity contribution in [1.82, 2.24) is 5.27 Å². The highest BCUT2D eigenvalue weighted by Crippen LogP contribution is 2.07. The van der Waals surface area contributed by atoms with Gasteiger partial charge in [-0.2, -0.15) is 0 Å². The molecular formula is C10H6N2O2. The fraction of sp³-hybridized carbons (Fsp3) is 0. The van der Waals surface area contributed by atoms with Gasteiger partial charge in [0.1, 0.15) is 5.95 Å². The van der Waals surface area contributed by atoms with Gasteiger partial charge in [-0.05, 0) is 10.7 Å². The molecule has 2 rings (SSSR count). The van der Waals surface area contributed by atoms with Crippen LogP contribution in [0.3, 0.4) is 0 Å². The zero-order valence-corrected chi connectivity index (χ0v) is 7.18. The third kappa shape index (κ3) is 1.31. The molecule has 0 aliphatic carbocycles. The number of nitrogens with zero attached hydrogens (tertiary/aromatic N) is 2. The molecule has 0 saturated carbocycles. The van der Waals surface area contributed by atoms with E-state index in [2.05, 4.69) is 15.7 Å². The minimum atomic E-state index is -0.503. The van der Waals surface area contributed by atoms with Crippen LogP contribution in [0.4, 0.5) is 0 Å². The van der Waals surface area contributed by atoms with Crippen LogP contribution in [0, 0.1) is 12.3 Å². The number of aromatic nitrogens is 2. The van der Waals surface area contributed by atoms with Crippen LogP contribution in [-0.4, -0.2) is 5.27 Å². The van der Waals surface area contributed by atoms with E-state index in [1.807, 2.05) is 12.1 Å². The molecule has 14 heavy (non-hydrogen) atoms. The maximum Gasteiger partial charge on any atom is 0.254 e. The first-order chi connectivity index (χ1) is 6.81. The third-order valence-corrected chi connectivity index (χ3v) is 1.75. The summed E-state index contributed by atoms with van der Waals surface area (Å²) < 4.78 is 5.72. The van der Waals surface area contributed by atoms with Gasteiger partial charge in [0, 0.05) is 6.07 Å². The van der Waals surface area contributed by atoms with Crippen LogP contribution in [0.15, 0.2) is 35.0 Å². The molecule has 0 amide bonds. The molecule has 0 bridgehead atoms. The number of para-hydroxylation sites is 1. The van der Waals surface area contributed by atoms with Gasteiger partial charge >= 0.3 is 0 Å². The van der Waals surface area contributed by atoms with Crippen molar-refractivity contribution in [2.45, 2.75) is 0 Å². The first-order valence-electron chi connectivity index (χ1n) is 3.93. The number of hydrogen-bond donors (Lipinski definition) is 0. The summed E-state index contributed by atoms with van der Waals surface area (Å²) in [5.41, 5.74) is 1.31. The Morgan fingerprint density at radius 3 is 2.86 bits per heavy atom. The van der Waals surface area contributed by atoms with E-state index in [4.69, 9.17) is 6.42 Å². The highest BCUT2D eigenvalue weighted by Gasteiger charge is 2.12. The van der Waals surface area contributed by atoms with E-state index in [0.29, 0.717) is 11.3 Å². The Morgan fingerprint density at radius 1 is 1.43 bits per heavy atom. The molecule has 4 nitrogen and oxygen atoms in total. The van der Waals surface area contributed by atoms with E-state index < -0.39 is 5.95 Å². The molecule has 0 N–H and O–H groups in total. The van der Waals surface area contributed by atoms with E-state index in [-0.39, 0.29) is 0 Å². The Balaban J connectivity index is 2.57. The zero-order valence-electron chi connectivity index (χ0n) is 7.18. The molecule has 4 heteroatoms. The first-order valence-corrected chi connectivity index (χ1v) is 3.93. The average molecular weight is 186 g/mol. The van der Waals surface area contributed by atoms with Gasteiger partial charge in [0.25, 0.3) is 5.69 Å². The summed E-state index contributed by atoms with van der Waals surface area (Å²) in [6, 6.07) is 7.15. The maximum absolute atomic E-state index is 10.8. The lowest BCUT2D eigenvalue weighted by Gasteiger charge is -1.91. The fourth-order valence-corrected chi connectivity index (χ4v) is 1.14. The predicted octanol–water partition coefficient (Wildman–Crippen LogP) is 0.00620. The smallest absolute Gasteiger partial charge is 0.254 e. The SMILES string of the molecule is C#Cc1ccccc1-[n+]1cc([O-])on1. The summed E-state index contributed by atoms with van der Waals surface area (Å²) in [5, 5.41) is 14.3. The summed E-state index contributed by atoms with van der Waals surface area (Å²) in [7, 11) is 0. The van der Waals surface area contributed by atoms with E-state index in [9.17, 15) is 5.11 Å². The largest absolute Gasteiger partial charge is 0.539 e. The van der Waals surface area contributed by atoms with Gasteiger partial charge < -0.3 is 9.63 Å². The Kier molecular flexibility index (Phi) is 1.92. The van der Waals surface area contributed by atoms with Crippen molar-refractivity contribution in [2.75, 3.05) is 0 Å².